The van der Waals surface area contributed by atoms with Crippen LogP contribution in [0.2, 0.25) is 0 Å². The van der Waals surface area contributed by atoms with Gasteiger partial charge in [-0.15, -0.1) is 0 Å². The summed E-state index contributed by atoms with van der Waals surface area (Å²) >= 11 is 0. The zero-order valence-corrected chi connectivity index (χ0v) is 15.0. The minimum atomic E-state index is 0.637. The Bertz CT molecular complexity index is 669. The van der Waals surface area contributed by atoms with Crippen molar-refractivity contribution in [3.63, 3.8) is 0 Å². The van der Waals surface area contributed by atoms with Gasteiger partial charge < -0.3 is 9.42 Å². The van der Waals surface area contributed by atoms with Gasteiger partial charge in [0.25, 0.3) is 0 Å². The smallest absolute Gasteiger partial charge is 0.241 e. The molecule has 0 atom stereocenters. The first-order valence-electron chi connectivity index (χ1n) is 9.54. The number of anilines is 1. The molecule has 4 heterocycles. The topological polar surface area (TPSA) is 58.3 Å². The lowest BCUT2D eigenvalue weighted by molar-refractivity contribution is 0.165. The van der Waals surface area contributed by atoms with Crippen molar-refractivity contribution in [1.82, 2.24) is 20.0 Å². The first kappa shape index (κ1) is 16.5. The number of aromatic nitrogens is 3. The van der Waals surface area contributed by atoms with Crippen molar-refractivity contribution < 1.29 is 4.52 Å². The Hall–Kier alpha value is -1.95. The van der Waals surface area contributed by atoms with Crippen molar-refractivity contribution in [3.8, 4) is 11.4 Å². The average molecular weight is 341 g/mol. The Balaban J connectivity index is 1.39. The Labute approximate surface area is 149 Å². The molecule has 4 rings (SSSR count). The molecule has 0 N–H and O–H groups in total. The van der Waals surface area contributed by atoms with Crippen molar-refractivity contribution in [1.29, 1.82) is 0 Å². The van der Waals surface area contributed by atoms with Crippen LogP contribution in [-0.4, -0.2) is 46.2 Å². The molecule has 0 spiro atoms. The van der Waals surface area contributed by atoms with E-state index < -0.39 is 0 Å². The van der Waals surface area contributed by atoms with Crippen LogP contribution < -0.4 is 4.90 Å². The highest BCUT2D eigenvalue weighted by Crippen LogP contribution is 2.22. The number of nitrogens with zero attached hydrogens (tertiary/aromatic N) is 5. The van der Waals surface area contributed by atoms with Gasteiger partial charge in [-0.1, -0.05) is 12.1 Å². The van der Waals surface area contributed by atoms with Crippen molar-refractivity contribution in [2.75, 3.05) is 31.1 Å². The van der Waals surface area contributed by atoms with Gasteiger partial charge in [-0.25, -0.2) is 4.98 Å². The number of hydrogen-bond acceptors (Lipinski definition) is 6. The molecule has 0 amide bonds. The SMILES string of the molecule is CC1CCN(Cc2nc(-c3ccc(N4CCCCC4)nc3)no2)CC1. The van der Waals surface area contributed by atoms with E-state index in [1.165, 1.54) is 32.1 Å². The lowest BCUT2D eigenvalue weighted by Crippen LogP contribution is -2.32. The molecule has 0 unspecified atom stereocenters. The van der Waals surface area contributed by atoms with Crippen LogP contribution in [0.1, 0.15) is 44.9 Å². The van der Waals surface area contributed by atoms with Crippen LogP contribution in [0.25, 0.3) is 11.4 Å². The van der Waals surface area contributed by atoms with E-state index >= 15 is 0 Å². The van der Waals surface area contributed by atoms with Crippen LogP contribution in [0.3, 0.4) is 0 Å². The monoisotopic (exact) mass is 341 g/mol. The molecule has 25 heavy (non-hydrogen) atoms. The summed E-state index contributed by atoms with van der Waals surface area (Å²) in [5, 5.41) is 4.14. The average Bonchev–Trinajstić information content (AvgIpc) is 3.13. The molecule has 2 fully saturated rings. The summed E-state index contributed by atoms with van der Waals surface area (Å²) in [7, 11) is 0. The normalized spacial score (nSPS) is 20.1. The third kappa shape index (κ3) is 4.00. The zero-order valence-electron chi connectivity index (χ0n) is 15.0. The predicted octanol–water partition coefficient (Wildman–Crippen LogP) is 3.35. The molecule has 2 saturated heterocycles. The highest BCUT2D eigenvalue weighted by Gasteiger charge is 2.19. The van der Waals surface area contributed by atoms with Crippen LogP contribution in [-0.2, 0) is 6.54 Å². The standard InChI is InChI=1S/C19H27N5O/c1-15-7-11-23(12-8-15)14-18-21-19(22-25-18)16-5-6-17(20-13-16)24-9-3-2-4-10-24/h5-6,13,15H,2-4,7-12,14H2,1H3. The van der Waals surface area contributed by atoms with Gasteiger partial charge in [0.2, 0.25) is 11.7 Å². The van der Waals surface area contributed by atoms with Crippen LogP contribution in [0, 0.1) is 5.92 Å². The van der Waals surface area contributed by atoms with Crippen molar-refractivity contribution in [2.24, 2.45) is 5.92 Å². The van der Waals surface area contributed by atoms with E-state index in [9.17, 15) is 0 Å². The Morgan fingerprint density at radius 1 is 1.08 bits per heavy atom. The molecule has 6 nitrogen and oxygen atoms in total. The maximum Gasteiger partial charge on any atom is 0.241 e. The van der Waals surface area contributed by atoms with Gasteiger partial charge in [0.05, 0.1) is 6.54 Å². The van der Waals surface area contributed by atoms with Crippen molar-refractivity contribution >= 4 is 5.82 Å². The fourth-order valence-corrected chi connectivity index (χ4v) is 3.68. The summed E-state index contributed by atoms with van der Waals surface area (Å²) in [6.45, 7) is 7.51. The molecule has 0 saturated carbocycles. The van der Waals surface area contributed by atoms with E-state index in [0.29, 0.717) is 11.7 Å². The minimum absolute atomic E-state index is 0.637. The fourth-order valence-electron chi connectivity index (χ4n) is 3.68. The van der Waals surface area contributed by atoms with E-state index in [1.807, 2.05) is 12.3 Å². The zero-order chi connectivity index (χ0) is 17.1. The van der Waals surface area contributed by atoms with Gasteiger partial charge in [0.1, 0.15) is 5.82 Å². The molecule has 0 radical (unpaired) electrons. The molecule has 2 aromatic heterocycles. The molecule has 2 aliphatic heterocycles. The molecule has 0 aliphatic carbocycles. The van der Waals surface area contributed by atoms with Gasteiger partial charge in [0.15, 0.2) is 0 Å². The molecule has 6 heteroatoms. The number of pyridine rings is 1. The largest absolute Gasteiger partial charge is 0.357 e. The third-order valence-corrected chi connectivity index (χ3v) is 5.39. The second kappa shape index (κ2) is 7.52. The molecule has 0 aromatic carbocycles. The first-order chi connectivity index (χ1) is 12.3. The van der Waals surface area contributed by atoms with Crippen molar-refractivity contribution in [2.45, 2.75) is 45.6 Å². The summed E-state index contributed by atoms with van der Waals surface area (Å²) in [5.41, 5.74) is 0.919. The minimum Gasteiger partial charge on any atom is -0.357 e. The van der Waals surface area contributed by atoms with Crippen molar-refractivity contribution in [3.05, 3.63) is 24.2 Å². The Morgan fingerprint density at radius 2 is 1.88 bits per heavy atom. The van der Waals surface area contributed by atoms with Gasteiger partial charge >= 0.3 is 0 Å². The molecule has 134 valence electrons. The van der Waals surface area contributed by atoms with Crippen LogP contribution in [0.5, 0.6) is 0 Å². The highest BCUT2D eigenvalue weighted by molar-refractivity contribution is 5.55. The molecule has 2 aromatic rings. The van der Waals surface area contributed by atoms with E-state index in [4.69, 9.17) is 4.52 Å². The number of likely N-dealkylation sites (tertiary alicyclic amines) is 1. The van der Waals surface area contributed by atoms with E-state index in [0.717, 1.165) is 50.0 Å². The first-order valence-corrected chi connectivity index (χ1v) is 9.54. The lowest BCUT2D eigenvalue weighted by Gasteiger charge is -2.28. The molecular formula is C19H27N5O. The quantitative estimate of drug-likeness (QED) is 0.850. The number of hydrogen-bond donors (Lipinski definition) is 0. The Kier molecular flexibility index (Phi) is 4.97. The van der Waals surface area contributed by atoms with Crippen LogP contribution >= 0.6 is 0 Å². The number of rotatable bonds is 4. The summed E-state index contributed by atoms with van der Waals surface area (Å²) < 4.78 is 5.45. The predicted molar refractivity (Wildman–Crippen MR) is 97.3 cm³/mol. The van der Waals surface area contributed by atoms with Gasteiger partial charge in [-0.3, -0.25) is 4.90 Å². The number of piperidine rings is 2. The Morgan fingerprint density at radius 3 is 2.60 bits per heavy atom. The van der Waals surface area contributed by atoms with Gasteiger partial charge in [-0.2, -0.15) is 4.98 Å². The summed E-state index contributed by atoms with van der Waals surface area (Å²) in [4.78, 5) is 13.9. The second-order valence-corrected chi connectivity index (χ2v) is 7.42. The second-order valence-electron chi connectivity index (χ2n) is 7.42. The molecular weight excluding hydrogens is 314 g/mol. The molecule has 2 aliphatic rings. The van der Waals surface area contributed by atoms with E-state index in [1.54, 1.807) is 0 Å². The van der Waals surface area contributed by atoms with Gasteiger partial charge in [0, 0.05) is 24.8 Å². The highest BCUT2D eigenvalue weighted by atomic mass is 16.5. The fraction of sp³-hybridized carbons (Fsp3) is 0.632. The maximum atomic E-state index is 5.45. The summed E-state index contributed by atoms with van der Waals surface area (Å²) in [5.74, 6) is 3.22. The van der Waals surface area contributed by atoms with Gasteiger partial charge in [-0.05, 0) is 63.2 Å². The third-order valence-electron chi connectivity index (χ3n) is 5.39. The van der Waals surface area contributed by atoms with Crippen LogP contribution in [0.15, 0.2) is 22.9 Å². The maximum absolute atomic E-state index is 5.45. The van der Waals surface area contributed by atoms with E-state index in [-0.39, 0.29) is 0 Å². The van der Waals surface area contributed by atoms with E-state index in [2.05, 4.69) is 37.9 Å². The molecule has 0 bridgehead atoms. The lowest BCUT2D eigenvalue weighted by atomic mass is 9.99. The summed E-state index contributed by atoms with van der Waals surface area (Å²) in [6.07, 6.45) is 8.21. The summed E-state index contributed by atoms with van der Waals surface area (Å²) in [6, 6.07) is 4.12. The van der Waals surface area contributed by atoms with Crippen LogP contribution in [0.4, 0.5) is 5.82 Å².